The Bertz CT molecular complexity index is 479. The number of nitrogens with one attached hydrogen (secondary N) is 1. The van der Waals surface area contributed by atoms with E-state index in [1.54, 1.807) is 6.07 Å². The molecule has 0 bridgehead atoms. The van der Waals surface area contributed by atoms with Gasteiger partial charge in [-0.15, -0.1) is 0 Å². The number of likely N-dealkylation sites (N-methyl/N-ethyl adjacent to an activating group) is 1. The van der Waals surface area contributed by atoms with Crippen molar-refractivity contribution in [2.24, 2.45) is 0 Å². The average Bonchev–Trinajstić information content (AvgIpc) is 2.88. The van der Waals surface area contributed by atoms with Crippen LogP contribution in [0.25, 0.3) is 0 Å². The lowest BCUT2D eigenvalue weighted by molar-refractivity contribution is -0.385. The molecule has 1 unspecified atom stereocenters. The standard InChI is InChI=1S/C14H21N3O3/c1-2-16-7-3-4-12(16)10-15-9-11-5-6-14(18)13(8-11)17(19)20/h5-6,8,12,15,18H,2-4,7,9-10H2,1H3. The van der Waals surface area contributed by atoms with Crippen LogP contribution in [0.1, 0.15) is 25.3 Å². The van der Waals surface area contributed by atoms with Crippen LogP contribution in [-0.2, 0) is 6.54 Å². The lowest BCUT2D eigenvalue weighted by Crippen LogP contribution is -2.37. The molecular formula is C14H21N3O3. The normalized spacial score (nSPS) is 19.4. The molecule has 2 N–H and O–H groups in total. The van der Waals surface area contributed by atoms with Crippen molar-refractivity contribution in [2.45, 2.75) is 32.4 Å². The Balaban J connectivity index is 1.88. The van der Waals surface area contributed by atoms with E-state index in [9.17, 15) is 15.2 Å². The average molecular weight is 279 g/mol. The zero-order valence-electron chi connectivity index (χ0n) is 11.7. The summed E-state index contributed by atoms with van der Waals surface area (Å²) < 4.78 is 0. The van der Waals surface area contributed by atoms with Gasteiger partial charge in [0.25, 0.3) is 0 Å². The molecule has 1 aliphatic rings. The molecule has 1 aromatic rings. The first-order chi connectivity index (χ1) is 9.61. The van der Waals surface area contributed by atoms with E-state index in [2.05, 4.69) is 17.1 Å². The van der Waals surface area contributed by atoms with Crippen LogP contribution >= 0.6 is 0 Å². The number of nitrogens with zero attached hydrogens (tertiary/aromatic N) is 2. The van der Waals surface area contributed by atoms with E-state index in [0.717, 1.165) is 25.2 Å². The number of phenols is 1. The van der Waals surface area contributed by atoms with Crippen molar-refractivity contribution in [3.05, 3.63) is 33.9 Å². The van der Waals surface area contributed by atoms with Crippen LogP contribution in [0.2, 0.25) is 0 Å². The summed E-state index contributed by atoms with van der Waals surface area (Å²) in [5, 5.41) is 23.5. The molecule has 0 amide bonds. The Morgan fingerprint density at radius 3 is 3.05 bits per heavy atom. The van der Waals surface area contributed by atoms with Gasteiger partial charge in [-0.1, -0.05) is 13.0 Å². The van der Waals surface area contributed by atoms with Crippen LogP contribution in [0.5, 0.6) is 5.75 Å². The third-order valence-corrected chi connectivity index (χ3v) is 3.85. The molecule has 2 rings (SSSR count). The fraction of sp³-hybridized carbons (Fsp3) is 0.571. The number of aromatic hydroxyl groups is 1. The van der Waals surface area contributed by atoms with Gasteiger partial charge in [0.2, 0.25) is 0 Å². The van der Waals surface area contributed by atoms with Crippen LogP contribution in [0.15, 0.2) is 18.2 Å². The van der Waals surface area contributed by atoms with Crippen molar-refractivity contribution in [1.29, 1.82) is 0 Å². The maximum Gasteiger partial charge on any atom is 0.311 e. The number of benzene rings is 1. The minimum Gasteiger partial charge on any atom is -0.502 e. The molecule has 0 radical (unpaired) electrons. The smallest absolute Gasteiger partial charge is 0.311 e. The minimum absolute atomic E-state index is 0.236. The molecule has 110 valence electrons. The summed E-state index contributed by atoms with van der Waals surface area (Å²) in [5.41, 5.74) is 0.580. The first-order valence-corrected chi connectivity index (χ1v) is 7.03. The molecule has 1 heterocycles. The van der Waals surface area contributed by atoms with Crippen molar-refractivity contribution >= 4 is 5.69 Å². The molecule has 0 spiro atoms. The zero-order chi connectivity index (χ0) is 14.5. The van der Waals surface area contributed by atoms with Crippen LogP contribution in [0.3, 0.4) is 0 Å². The highest BCUT2D eigenvalue weighted by Crippen LogP contribution is 2.26. The van der Waals surface area contributed by atoms with E-state index in [4.69, 9.17) is 0 Å². The molecule has 1 fully saturated rings. The Morgan fingerprint density at radius 2 is 2.35 bits per heavy atom. The van der Waals surface area contributed by atoms with Crippen molar-refractivity contribution in [3.63, 3.8) is 0 Å². The van der Waals surface area contributed by atoms with Gasteiger partial charge >= 0.3 is 5.69 Å². The van der Waals surface area contributed by atoms with Crippen LogP contribution < -0.4 is 5.32 Å². The number of nitro groups is 1. The van der Waals surface area contributed by atoms with Crippen molar-refractivity contribution in [3.8, 4) is 5.75 Å². The largest absolute Gasteiger partial charge is 0.502 e. The van der Waals surface area contributed by atoms with Crippen LogP contribution in [0, 0.1) is 10.1 Å². The van der Waals surface area contributed by atoms with E-state index in [0.29, 0.717) is 12.6 Å². The summed E-state index contributed by atoms with van der Waals surface area (Å²) in [6.45, 7) is 5.86. The fourth-order valence-electron chi connectivity index (χ4n) is 2.75. The molecule has 0 aliphatic carbocycles. The van der Waals surface area contributed by atoms with Crippen LogP contribution in [-0.4, -0.2) is 40.6 Å². The number of nitro benzene ring substituents is 1. The second-order valence-corrected chi connectivity index (χ2v) is 5.14. The predicted molar refractivity (Wildman–Crippen MR) is 76.7 cm³/mol. The van der Waals surface area contributed by atoms with Gasteiger partial charge in [0.15, 0.2) is 5.75 Å². The van der Waals surface area contributed by atoms with E-state index in [1.807, 2.05) is 0 Å². The topological polar surface area (TPSA) is 78.6 Å². The van der Waals surface area contributed by atoms with E-state index >= 15 is 0 Å². The number of hydrogen-bond donors (Lipinski definition) is 2. The maximum atomic E-state index is 10.8. The third-order valence-electron chi connectivity index (χ3n) is 3.85. The Labute approximate surface area is 118 Å². The monoisotopic (exact) mass is 279 g/mol. The molecule has 0 saturated carbocycles. The number of hydrogen-bond acceptors (Lipinski definition) is 5. The molecule has 1 aromatic carbocycles. The van der Waals surface area contributed by atoms with E-state index in [-0.39, 0.29) is 11.4 Å². The molecular weight excluding hydrogens is 258 g/mol. The first-order valence-electron chi connectivity index (χ1n) is 7.03. The number of rotatable bonds is 6. The molecule has 1 atom stereocenters. The van der Waals surface area contributed by atoms with E-state index < -0.39 is 4.92 Å². The molecule has 1 saturated heterocycles. The zero-order valence-corrected chi connectivity index (χ0v) is 11.7. The minimum atomic E-state index is -0.561. The first kappa shape index (κ1) is 14.7. The summed E-state index contributed by atoms with van der Waals surface area (Å²) in [6.07, 6.45) is 2.45. The molecule has 6 nitrogen and oxygen atoms in total. The number of likely N-dealkylation sites (tertiary alicyclic amines) is 1. The third kappa shape index (κ3) is 3.46. The molecule has 0 aromatic heterocycles. The molecule has 20 heavy (non-hydrogen) atoms. The fourth-order valence-corrected chi connectivity index (χ4v) is 2.75. The summed E-state index contributed by atoms with van der Waals surface area (Å²) in [6, 6.07) is 5.08. The quantitative estimate of drug-likeness (QED) is 0.614. The van der Waals surface area contributed by atoms with Gasteiger partial charge in [-0.25, -0.2) is 0 Å². The number of phenolic OH excluding ortho intramolecular Hbond substituents is 1. The molecule has 1 aliphatic heterocycles. The van der Waals surface area contributed by atoms with Gasteiger partial charge in [-0.3, -0.25) is 15.0 Å². The molecule has 6 heteroatoms. The van der Waals surface area contributed by atoms with Gasteiger partial charge in [0, 0.05) is 25.2 Å². The van der Waals surface area contributed by atoms with Gasteiger partial charge in [0.1, 0.15) is 0 Å². The van der Waals surface area contributed by atoms with Gasteiger partial charge in [-0.05, 0) is 37.6 Å². The lowest BCUT2D eigenvalue weighted by Gasteiger charge is -2.22. The van der Waals surface area contributed by atoms with Crippen molar-refractivity contribution in [2.75, 3.05) is 19.6 Å². The summed E-state index contributed by atoms with van der Waals surface area (Å²) >= 11 is 0. The summed E-state index contributed by atoms with van der Waals surface area (Å²) in [7, 11) is 0. The summed E-state index contributed by atoms with van der Waals surface area (Å²) in [4.78, 5) is 12.6. The van der Waals surface area contributed by atoms with E-state index in [1.165, 1.54) is 25.0 Å². The predicted octanol–water partition coefficient (Wildman–Crippen LogP) is 1.87. The van der Waals surface area contributed by atoms with Gasteiger partial charge in [0.05, 0.1) is 4.92 Å². The Kier molecular flexibility index (Phi) is 4.92. The van der Waals surface area contributed by atoms with Gasteiger partial charge < -0.3 is 10.4 Å². The van der Waals surface area contributed by atoms with Crippen molar-refractivity contribution in [1.82, 2.24) is 10.2 Å². The maximum absolute atomic E-state index is 10.8. The highest BCUT2D eigenvalue weighted by Gasteiger charge is 2.22. The highest BCUT2D eigenvalue weighted by atomic mass is 16.6. The SMILES string of the molecule is CCN1CCCC1CNCc1ccc(O)c([N+](=O)[O-])c1. The summed E-state index contributed by atoms with van der Waals surface area (Å²) in [5.74, 6) is -0.285. The highest BCUT2D eigenvalue weighted by molar-refractivity contribution is 5.47. The Morgan fingerprint density at radius 1 is 1.55 bits per heavy atom. The lowest BCUT2D eigenvalue weighted by atomic mass is 10.1. The van der Waals surface area contributed by atoms with Crippen LogP contribution in [0.4, 0.5) is 5.69 Å². The van der Waals surface area contributed by atoms with Gasteiger partial charge in [-0.2, -0.15) is 0 Å². The van der Waals surface area contributed by atoms with Crippen molar-refractivity contribution < 1.29 is 10.0 Å². The second-order valence-electron chi connectivity index (χ2n) is 5.14. The Hall–Kier alpha value is -1.66. The second kappa shape index (κ2) is 6.67.